The zero-order chi connectivity index (χ0) is 11.4. The van der Waals surface area contributed by atoms with Gasteiger partial charge in [-0.25, -0.2) is 0 Å². The van der Waals surface area contributed by atoms with Gasteiger partial charge in [-0.2, -0.15) is 0 Å². The van der Waals surface area contributed by atoms with Crippen molar-refractivity contribution in [2.75, 3.05) is 11.9 Å². The molecule has 0 spiro atoms. The van der Waals surface area contributed by atoms with Crippen LogP contribution in [0, 0.1) is 0 Å². The van der Waals surface area contributed by atoms with Crippen molar-refractivity contribution < 1.29 is 4.79 Å². The van der Waals surface area contributed by atoms with Gasteiger partial charge in [-0.3, -0.25) is 4.79 Å². The molecule has 0 aliphatic carbocycles. The second-order valence-corrected chi connectivity index (χ2v) is 4.17. The first-order valence-corrected chi connectivity index (χ1v) is 5.92. The zero-order valence-corrected chi connectivity index (χ0v) is 9.68. The molecule has 0 bridgehead atoms. The van der Waals surface area contributed by atoms with Gasteiger partial charge < -0.3 is 10.6 Å². The van der Waals surface area contributed by atoms with E-state index in [1.807, 2.05) is 6.07 Å². The molecule has 0 atom stereocenters. The lowest BCUT2D eigenvalue weighted by molar-refractivity contribution is -0.116. The highest BCUT2D eigenvalue weighted by atomic mass is 16.1. The summed E-state index contributed by atoms with van der Waals surface area (Å²) in [6, 6.07) is 6.29. The standard InChI is InChI=1S/C13H18N2O/c1-2-14-9-10-6-7-12-11(8-10)4-3-5-13(16)15-12/h6-8,14H,2-5,9H2,1H3,(H,15,16). The molecule has 86 valence electrons. The predicted molar refractivity (Wildman–Crippen MR) is 65.4 cm³/mol. The maximum absolute atomic E-state index is 11.4. The van der Waals surface area contributed by atoms with E-state index < -0.39 is 0 Å². The fourth-order valence-corrected chi connectivity index (χ4v) is 2.01. The number of carbonyl (C=O) groups excluding carboxylic acids is 1. The molecule has 3 heteroatoms. The molecule has 0 fully saturated rings. The van der Waals surface area contributed by atoms with E-state index in [1.165, 1.54) is 11.1 Å². The van der Waals surface area contributed by atoms with Crippen LogP contribution in [0.1, 0.15) is 30.9 Å². The Morgan fingerprint density at radius 3 is 3.06 bits per heavy atom. The van der Waals surface area contributed by atoms with Crippen molar-refractivity contribution in [3.8, 4) is 0 Å². The van der Waals surface area contributed by atoms with E-state index in [0.717, 1.165) is 31.6 Å². The van der Waals surface area contributed by atoms with Crippen molar-refractivity contribution in [1.29, 1.82) is 0 Å². The monoisotopic (exact) mass is 218 g/mol. The van der Waals surface area contributed by atoms with Crippen LogP contribution in [0.2, 0.25) is 0 Å². The SMILES string of the molecule is CCNCc1ccc2c(c1)CCCC(=O)N2. The van der Waals surface area contributed by atoms with Crippen LogP contribution in [0.25, 0.3) is 0 Å². The molecular formula is C13H18N2O. The molecule has 0 aromatic heterocycles. The van der Waals surface area contributed by atoms with Crippen molar-refractivity contribution in [2.45, 2.75) is 32.7 Å². The van der Waals surface area contributed by atoms with Crippen LogP contribution >= 0.6 is 0 Å². The third-order valence-corrected chi connectivity index (χ3v) is 2.87. The Morgan fingerprint density at radius 2 is 2.25 bits per heavy atom. The lowest BCUT2D eigenvalue weighted by Gasteiger charge is -2.09. The van der Waals surface area contributed by atoms with E-state index in [0.29, 0.717) is 6.42 Å². The molecule has 1 heterocycles. The van der Waals surface area contributed by atoms with E-state index in [-0.39, 0.29) is 5.91 Å². The number of hydrogen-bond acceptors (Lipinski definition) is 2. The molecular weight excluding hydrogens is 200 g/mol. The number of benzene rings is 1. The van der Waals surface area contributed by atoms with E-state index in [9.17, 15) is 4.79 Å². The lowest BCUT2D eigenvalue weighted by Crippen LogP contribution is -2.12. The van der Waals surface area contributed by atoms with Crippen LogP contribution in [-0.4, -0.2) is 12.5 Å². The Labute approximate surface area is 96.2 Å². The van der Waals surface area contributed by atoms with Crippen LogP contribution < -0.4 is 10.6 Å². The summed E-state index contributed by atoms with van der Waals surface area (Å²) in [4.78, 5) is 11.4. The third-order valence-electron chi connectivity index (χ3n) is 2.87. The molecule has 16 heavy (non-hydrogen) atoms. The fourth-order valence-electron chi connectivity index (χ4n) is 2.01. The Kier molecular flexibility index (Phi) is 3.57. The van der Waals surface area contributed by atoms with Gasteiger partial charge in [-0.05, 0) is 36.6 Å². The second kappa shape index (κ2) is 5.12. The molecule has 2 rings (SSSR count). The maximum atomic E-state index is 11.4. The molecule has 1 aliphatic rings. The van der Waals surface area contributed by atoms with Gasteiger partial charge in [0.05, 0.1) is 0 Å². The molecule has 1 aromatic rings. The Morgan fingerprint density at radius 1 is 1.38 bits per heavy atom. The molecule has 1 amide bonds. The average Bonchev–Trinajstić information content (AvgIpc) is 2.46. The minimum absolute atomic E-state index is 0.137. The smallest absolute Gasteiger partial charge is 0.224 e. The first-order chi connectivity index (χ1) is 7.79. The third kappa shape index (κ3) is 2.61. The van der Waals surface area contributed by atoms with Gasteiger partial charge in [-0.15, -0.1) is 0 Å². The summed E-state index contributed by atoms with van der Waals surface area (Å²) < 4.78 is 0. The average molecular weight is 218 g/mol. The molecule has 2 N–H and O–H groups in total. The van der Waals surface area contributed by atoms with E-state index in [1.54, 1.807) is 0 Å². The first kappa shape index (κ1) is 11.1. The summed E-state index contributed by atoms with van der Waals surface area (Å²) in [6.45, 7) is 3.98. The molecule has 0 saturated heterocycles. The predicted octanol–water partition coefficient (Wildman–Crippen LogP) is 2.07. The number of aryl methyl sites for hydroxylation is 1. The highest BCUT2D eigenvalue weighted by Gasteiger charge is 2.12. The summed E-state index contributed by atoms with van der Waals surface area (Å²) >= 11 is 0. The van der Waals surface area contributed by atoms with Gasteiger partial charge in [0.25, 0.3) is 0 Å². The fraction of sp³-hybridized carbons (Fsp3) is 0.462. The number of rotatable bonds is 3. The first-order valence-electron chi connectivity index (χ1n) is 5.92. The highest BCUT2D eigenvalue weighted by molar-refractivity contribution is 5.92. The van der Waals surface area contributed by atoms with Crippen LogP contribution in [0.15, 0.2) is 18.2 Å². The van der Waals surface area contributed by atoms with Crippen LogP contribution in [0.5, 0.6) is 0 Å². The Hall–Kier alpha value is -1.35. The van der Waals surface area contributed by atoms with Gasteiger partial charge in [0.1, 0.15) is 0 Å². The van der Waals surface area contributed by atoms with Crippen molar-refractivity contribution in [3.05, 3.63) is 29.3 Å². The van der Waals surface area contributed by atoms with Crippen LogP contribution in [0.4, 0.5) is 5.69 Å². The number of anilines is 1. The number of fused-ring (bicyclic) bond motifs is 1. The van der Waals surface area contributed by atoms with Crippen LogP contribution in [0.3, 0.4) is 0 Å². The summed E-state index contributed by atoms with van der Waals surface area (Å²) in [6.07, 6.45) is 2.58. The Bertz CT molecular complexity index is 388. The molecule has 1 aromatic carbocycles. The minimum atomic E-state index is 0.137. The quantitative estimate of drug-likeness (QED) is 0.815. The van der Waals surface area contributed by atoms with Crippen LogP contribution in [-0.2, 0) is 17.8 Å². The maximum Gasteiger partial charge on any atom is 0.224 e. The van der Waals surface area contributed by atoms with Gasteiger partial charge in [0.15, 0.2) is 0 Å². The summed E-state index contributed by atoms with van der Waals surface area (Å²) in [5, 5.41) is 6.25. The highest BCUT2D eigenvalue weighted by Crippen LogP contribution is 2.23. The zero-order valence-electron chi connectivity index (χ0n) is 9.68. The van der Waals surface area contributed by atoms with Gasteiger partial charge in [-0.1, -0.05) is 19.1 Å². The molecule has 0 unspecified atom stereocenters. The van der Waals surface area contributed by atoms with E-state index >= 15 is 0 Å². The van der Waals surface area contributed by atoms with Gasteiger partial charge >= 0.3 is 0 Å². The topological polar surface area (TPSA) is 41.1 Å². The molecule has 0 saturated carbocycles. The van der Waals surface area contributed by atoms with E-state index in [4.69, 9.17) is 0 Å². The lowest BCUT2D eigenvalue weighted by atomic mass is 10.0. The van der Waals surface area contributed by atoms with Crippen molar-refractivity contribution in [2.24, 2.45) is 0 Å². The van der Waals surface area contributed by atoms with Crippen molar-refractivity contribution in [3.63, 3.8) is 0 Å². The molecule has 3 nitrogen and oxygen atoms in total. The number of carbonyl (C=O) groups is 1. The van der Waals surface area contributed by atoms with Crippen molar-refractivity contribution >= 4 is 11.6 Å². The second-order valence-electron chi connectivity index (χ2n) is 4.17. The largest absolute Gasteiger partial charge is 0.326 e. The minimum Gasteiger partial charge on any atom is -0.326 e. The number of nitrogens with one attached hydrogen (secondary N) is 2. The number of amides is 1. The summed E-state index contributed by atoms with van der Waals surface area (Å²) in [7, 11) is 0. The van der Waals surface area contributed by atoms with Crippen molar-refractivity contribution in [1.82, 2.24) is 5.32 Å². The molecule has 0 radical (unpaired) electrons. The normalized spacial score (nSPS) is 15.2. The van der Waals surface area contributed by atoms with Gasteiger partial charge in [0.2, 0.25) is 5.91 Å². The molecule has 1 aliphatic heterocycles. The Balaban J connectivity index is 2.17. The number of hydrogen-bond donors (Lipinski definition) is 2. The van der Waals surface area contributed by atoms with E-state index in [2.05, 4.69) is 29.7 Å². The summed E-state index contributed by atoms with van der Waals surface area (Å²) in [5.41, 5.74) is 3.54. The van der Waals surface area contributed by atoms with Gasteiger partial charge in [0, 0.05) is 18.7 Å². The summed E-state index contributed by atoms with van der Waals surface area (Å²) in [5.74, 6) is 0.137.